The fourth-order valence-corrected chi connectivity index (χ4v) is 1.88. The Kier molecular flexibility index (Phi) is 6.36. The summed E-state index contributed by atoms with van der Waals surface area (Å²) in [5, 5.41) is 11.8. The summed E-state index contributed by atoms with van der Waals surface area (Å²) in [5.74, 6) is 0.263. The number of rotatable bonds is 6. The molecular weight excluding hydrogens is 294 g/mol. The van der Waals surface area contributed by atoms with Crippen LogP contribution in [0.25, 0.3) is 0 Å². The van der Waals surface area contributed by atoms with Gasteiger partial charge in [-0.1, -0.05) is 22.9 Å². The van der Waals surface area contributed by atoms with E-state index in [2.05, 4.69) is 21.2 Å². The fraction of sp³-hybridized carbons (Fsp3) is 0.500. The van der Waals surface area contributed by atoms with Crippen LogP contribution in [0.5, 0.6) is 0 Å². The van der Waals surface area contributed by atoms with Crippen LogP contribution in [0.3, 0.4) is 0 Å². The van der Waals surface area contributed by atoms with Gasteiger partial charge in [-0.25, -0.2) is 0 Å². The zero-order valence-corrected chi connectivity index (χ0v) is 12.5. The topological polar surface area (TPSA) is 49.3 Å². The van der Waals surface area contributed by atoms with E-state index in [1.165, 1.54) is 0 Å². The molecular formula is C14H20BrNO2. The van der Waals surface area contributed by atoms with Crippen LogP contribution in [-0.4, -0.2) is 24.2 Å². The van der Waals surface area contributed by atoms with Crippen LogP contribution in [-0.2, 0) is 0 Å². The number of halogens is 1. The standard InChI is InChI=1S/C14H20BrNO2/c1-10(9-17)4-3-7-16-14(18)12-5-6-13(15)11(2)8-12/h5-6,8,10,17H,3-4,7,9H2,1-2H3,(H,16,18). The van der Waals surface area contributed by atoms with Crippen LogP contribution >= 0.6 is 15.9 Å². The molecule has 0 saturated carbocycles. The number of hydrogen-bond donors (Lipinski definition) is 2. The summed E-state index contributed by atoms with van der Waals surface area (Å²) in [7, 11) is 0. The van der Waals surface area contributed by atoms with E-state index in [0.29, 0.717) is 18.0 Å². The smallest absolute Gasteiger partial charge is 0.251 e. The number of aryl methyl sites for hydroxylation is 1. The van der Waals surface area contributed by atoms with Crippen molar-refractivity contribution >= 4 is 21.8 Å². The Morgan fingerprint density at radius 1 is 1.50 bits per heavy atom. The number of hydrogen-bond acceptors (Lipinski definition) is 2. The maximum absolute atomic E-state index is 11.8. The van der Waals surface area contributed by atoms with E-state index >= 15 is 0 Å². The molecule has 3 nitrogen and oxygen atoms in total. The number of aliphatic hydroxyl groups is 1. The summed E-state index contributed by atoms with van der Waals surface area (Å²) in [4.78, 5) is 11.8. The summed E-state index contributed by atoms with van der Waals surface area (Å²) in [6, 6.07) is 5.57. The average Bonchev–Trinajstić information content (AvgIpc) is 2.37. The second-order valence-electron chi connectivity index (χ2n) is 4.65. The lowest BCUT2D eigenvalue weighted by Crippen LogP contribution is -2.25. The molecule has 2 N–H and O–H groups in total. The molecule has 0 fully saturated rings. The summed E-state index contributed by atoms with van der Waals surface area (Å²) in [6.45, 7) is 4.82. The third kappa shape index (κ3) is 4.78. The van der Waals surface area contributed by atoms with E-state index in [1.807, 2.05) is 32.0 Å². The molecule has 1 unspecified atom stereocenters. The predicted octanol–water partition coefficient (Wildman–Crippen LogP) is 2.90. The fourth-order valence-electron chi connectivity index (χ4n) is 1.63. The number of nitrogens with one attached hydrogen (secondary N) is 1. The maximum atomic E-state index is 11.8. The van der Waals surface area contributed by atoms with Gasteiger partial charge in [0.1, 0.15) is 0 Å². The van der Waals surface area contributed by atoms with Crippen molar-refractivity contribution in [1.29, 1.82) is 0 Å². The molecule has 1 amide bonds. The number of amides is 1. The van der Waals surface area contributed by atoms with E-state index in [1.54, 1.807) is 0 Å². The van der Waals surface area contributed by atoms with Gasteiger partial charge in [0.25, 0.3) is 5.91 Å². The van der Waals surface area contributed by atoms with Crippen molar-refractivity contribution in [1.82, 2.24) is 5.32 Å². The van der Waals surface area contributed by atoms with Gasteiger partial charge in [0.2, 0.25) is 0 Å². The van der Waals surface area contributed by atoms with Gasteiger partial charge in [-0.3, -0.25) is 4.79 Å². The zero-order chi connectivity index (χ0) is 13.5. The lowest BCUT2D eigenvalue weighted by Gasteiger charge is -2.09. The summed E-state index contributed by atoms with van der Waals surface area (Å²) < 4.78 is 1.01. The first-order chi connectivity index (χ1) is 8.54. The van der Waals surface area contributed by atoms with E-state index in [9.17, 15) is 4.79 Å². The van der Waals surface area contributed by atoms with Gasteiger partial charge >= 0.3 is 0 Å². The minimum atomic E-state index is -0.0396. The molecule has 100 valence electrons. The van der Waals surface area contributed by atoms with Crippen molar-refractivity contribution in [2.45, 2.75) is 26.7 Å². The summed E-state index contributed by atoms with van der Waals surface area (Å²) in [5.41, 5.74) is 1.74. The summed E-state index contributed by atoms with van der Waals surface area (Å²) in [6.07, 6.45) is 1.82. The van der Waals surface area contributed by atoms with Crippen molar-refractivity contribution in [3.8, 4) is 0 Å². The van der Waals surface area contributed by atoms with E-state index in [-0.39, 0.29) is 12.5 Å². The molecule has 18 heavy (non-hydrogen) atoms. The first kappa shape index (κ1) is 15.2. The normalized spacial score (nSPS) is 12.2. The van der Waals surface area contributed by atoms with E-state index in [0.717, 1.165) is 22.9 Å². The molecule has 0 radical (unpaired) electrons. The van der Waals surface area contributed by atoms with Gasteiger partial charge < -0.3 is 10.4 Å². The Bertz CT molecular complexity index is 407. The number of carbonyl (C=O) groups excluding carboxylic acids is 1. The van der Waals surface area contributed by atoms with Crippen molar-refractivity contribution in [3.63, 3.8) is 0 Å². The quantitative estimate of drug-likeness (QED) is 0.793. The molecule has 0 aliphatic heterocycles. The third-order valence-corrected chi connectivity index (χ3v) is 3.78. The summed E-state index contributed by atoms with van der Waals surface area (Å²) >= 11 is 3.41. The highest BCUT2D eigenvalue weighted by atomic mass is 79.9. The molecule has 0 heterocycles. The molecule has 0 aromatic heterocycles. The van der Waals surface area contributed by atoms with Crippen molar-refractivity contribution in [3.05, 3.63) is 33.8 Å². The highest BCUT2D eigenvalue weighted by molar-refractivity contribution is 9.10. The lowest BCUT2D eigenvalue weighted by molar-refractivity contribution is 0.0952. The minimum absolute atomic E-state index is 0.0396. The van der Waals surface area contributed by atoms with E-state index in [4.69, 9.17) is 5.11 Å². The van der Waals surface area contributed by atoms with Gasteiger partial charge in [0.05, 0.1) is 0 Å². The Morgan fingerprint density at radius 3 is 2.83 bits per heavy atom. The van der Waals surface area contributed by atoms with Crippen molar-refractivity contribution in [2.24, 2.45) is 5.92 Å². The predicted molar refractivity (Wildman–Crippen MR) is 76.7 cm³/mol. The minimum Gasteiger partial charge on any atom is -0.396 e. The van der Waals surface area contributed by atoms with Crippen LogP contribution in [0.4, 0.5) is 0 Å². The molecule has 0 spiro atoms. The first-order valence-corrected chi connectivity index (χ1v) is 6.99. The van der Waals surface area contributed by atoms with E-state index < -0.39 is 0 Å². The Balaban J connectivity index is 2.39. The number of benzene rings is 1. The van der Waals surface area contributed by atoms with Crippen molar-refractivity contribution in [2.75, 3.05) is 13.2 Å². The van der Waals surface area contributed by atoms with Crippen LogP contribution in [0.1, 0.15) is 35.7 Å². The Hall–Kier alpha value is -0.870. The lowest BCUT2D eigenvalue weighted by atomic mass is 10.1. The van der Waals surface area contributed by atoms with Crippen LogP contribution < -0.4 is 5.32 Å². The first-order valence-electron chi connectivity index (χ1n) is 6.19. The SMILES string of the molecule is Cc1cc(C(=O)NCCCC(C)CO)ccc1Br. The van der Waals surface area contributed by atoms with Crippen LogP contribution in [0.15, 0.2) is 22.7 Å². The molecule has 0 aliphatic rings. The van der Waals surface area contributed by atoms with Gasteiger partial charge in [0, 0.05) is 23.2 Å². The van der Waals surface area contributed by atoms with Crippen LogP contribution in [0, 0.1) is 12.8 Å². The highest BCUT2D eigenvalue weighted by Gasteiger charge is 2.06. The molecule has 0 saturated heterocycles. The highest BCUT2D eigenvalue weighted by Crippen LogP contribution is 2.17. The maximum Gasteiger partial charge on any atom is 0.251 e. The molecule has 1 aromatic rings. The number of carbonyl (C=O) groups is 1. The monoisotopic (exact) mass is 313 g/mol. The zero-order valence-electron chi connectivity index (χ0n) is 10.9. The molecule has 0 aliphatic carbocycles. The van der Waals surface area contributed by atoms with Gasteiger partial charge in [-0.05, 0) is 49.4 Å². The molecule has 4 heteroatoms. The van der Waals surface area contributed by atoms with Gasteiger partial charge in [0.15, 0.2) is 0 Å². The second-order valence-corrected chi connectivity index (χ2v) is 5.50. The average molecular weight is 314 g/mol. The van der Waals surface area contributed by atoms with Crippen LogP contribution in [0.2, 0.25) is 0 Å². The molecule has 0 bridgehead atoms. The molecule has 1 atom stereocenters. The Morgan fingerprint density at radius 2 is 2.22 bits per heavy atom. The number of aliphatic hydroxyl groups excluding tert-OH is 1. The second kappa shape index (κ2) is 7.54. The van der Waals surface area contributed by atoms with Gasteiger partial charge in [-0.15, -0.1) is 0 Å². The largest absolute Gasteiger partial charge is 0.396 e. The van der Waals surface area contributed by atoms with Gasteiger partial charge in [-0.2, -0.15) is 0 Å². The Labute approximate surface area is 117 Å². The molecule has 1 rings (SSSR count). The van der Waals surface area contributed by atoms with Crippen molar-refractivity contribution < 1.29 is 9.90 Å². The molecule has 1 aromatic carbocycles. The third-order valence-electron chi connectivity index (χ3n) is 2.89.